The summed E-state index contributed by atoms with van der Waals surface area (Å²) in [4.78, 5) is 11.8. The van der Waals surface area contributed by atoms with Crippen LogP contribution in [0.15, 0.2) is 18.2 Å². The van der Waals surface area contributed by atoms with Gasteiger partial charge in [0.1, 0.15) is 5.75 Å². The van der Waals surface area contributed by atoms with Crippen molar-refractivity contribution in [2.75, 3.05) is 20.2 Å². The average Bonchev–Trinajstić information content (AvgIpc) is 2.33. The summed E-state index contributed by atoms with van der Waals surface area (Å²) in [6.45, 7) is 6.40. The van der Waals surface area contributed by atoms with E-state index in [1.807, 2.05) is 6.07 Å². The van der Waals surface area contributed by atoms with Gasteiger partial charge >= 0.3 is 0 Å². The van der Waals surface area contributed by atoms with Crippen LogP contribution in [0.3, 0.4) is 0 Å². The van der Waals surface area contributed by atoms with Gasteiger partial charge in [0.25, 0.3) is 0 Å². The van der Waals surface area contributed by atoms with Gasteiger partial charge in [0, 0.05) is 25.2 Å². The lowest BCUT2D eigenvalue weighted by Crippen LogP contribution is -2.50. The third kappa shape index (κ3) is 3.26. The second-order valence-corrected chi connectivity index (χ2v) is 5.30. The maximum Gasteiger partial charge on any atom is 0.225 e. The lowest BCUT2D eigenvalue weighted by Gasteiger charge is -2.26. The van der Waals surface area contributed by atoms with Crippen molar-refractivity contribution in [1.29, 1.82) is 0 Å². The van der Waals surface area contributed by atoms with Crippen LogP contribution in [0.1, 0.15) is 30.9 Å². The highest BCUT2D eigenvalue weighted by Gasteiger charge is 2.24. The van der Waals surface area contributed by atoms with E-state index in [-0.39, 0.29) is 11.8 Å². The van der Waals surface area contributed by atoms with Crippen LogP contribution in [-0.4, -0.2) is 26.1 Å². The largest absolute Gasteiger partial charge is 0.496 e. The number of carbonyl (C=O) groups is 1. The minimum Gasteiger partial charge on any atom is -0.496 e. The van der Waals surface area contributed by atoms with Gasteiger partial charge in [0.15, 0.2) is 0 Å². The van der Waals surface area contributed by atoms with E-state index >= 15 is 0 Å². The number of methoxy groups -OCH3 is 1. The summed E-state index contributed by atoms with van der Waals surface area (Å²) in [6, 6.07) is 6.18. The van der Waals surface area contributed by atoms with Crippen LogP contribution >= 0.6 is 0 Å². The molecule has 4 nitrogen and oxygen atoms in total. The van der Waals surface area contributed by atoms with E-state index in [2.05, 4.69) is 36.6 Å². The molecule has 0 saturated carbocycles. The van der Waals surface area contributed by atoms with Crippen LogP contribution in [-0.2, 0) is 11.3 Å². The summed E-state index contributed by atoms with van der Waals surface area (Å²) in [6.07, 6.45) is 0. The molecule has 0 unspecified atom stereocenters. The molecule has 1 amide bonds. The predicted octanol–water partition coefficient (Wildman–Crippen LogP) is 1.65. The zero-order valence-electron chi connectivity index (χ0n) is 11.8. The Bertz CT molecular complexity index is 453. The number of hydrogen-bond acceptors (Lipinski definition) is 3. The number of ether oxygens (including phenoxy) is 1. The average molecular weight is 262 g/mol. The summed E-state index contributed by atoms with van der Waals surface area (Å²) >= 11 is 0. The summed E-state index contributed by atoms with van der Waals surface area (Å²) in [5.74, 6) is 1.56. The Morgan fingerprint density at radius 3 is 2.74 bits per heavy atom. The minimum atomic E-state index is 0.119. The Morgan fingerprint density at radius 1 is 1.47 bits per heavy atom. The van der Waals surface area contributed by atoms with Gasteiger partial charge in [-0.1, -0.05) is 26.0 Å². The van der Waals surface area contributed by atoms with Crippen molar-refractivity contribution in [2.24, 2.45) is 5.92 Å². The quantitative estimate of drug-likeness (QED) is 0.848. The SMILES string of the molecule is COc1cc(C(C)C)ccc1CNC(=O)C1CNC1. The van der Waals surface area contributed by atoms with E-state index in [0.717, 1.165) is 24.4 Å². The van der Waals surface area contributed by atoms with Crippen molar-refractivity contribution >= 4 is 5.91 Å². The van der Waals surface area contributed by atoms with Crippen LogP contribution < -0.4 is 15.4 Å². The molecular weight excluding hydrogens is 240 g/mol. The van der Waals surface area contributed by atoms with Crippen molar-refractivity contribution in [3.05, 3.63) is 29.3 Å². The number of carbonyl (C=O) groups excluding carboxylic acids is 1. The second kappa shape index (κ2) is 6.06. The van der Waals surface area contributed by atoms with Gasteiger partial charge < -0.3 is 15.4 Å². The molecule has 1 heterocycles. The number of rotatable bonds is 5. The first-order valence-electron chi connectivity index (χ1n) is 6.77. The number of amides is 1. The van der Waals surface area contributed by atoms with E-state index in [1.54, 1.807) is 7.11 Å². The Hall–Kier alpha value is -1.55. The molecule has 1 aromatic rings. The van der Waals surface area contributed by atoms with Crippen molar-refractivity contribution in [2.45, 2.75) is 26.3 Å². The highest BCUT2D eigenvalue weighted by atomic mass is 16.5. The first-order chi connectivity index (χ1) is 9.11. The topological polar surface area (TPSA) is 50.4 Å². The zero-order valence-corrected chi connectivity index (χ0v) is 11.8. The molecule has 1 saturated heterocycles. The normalized spacial score (nSPS) is 15.2. The van der Waals surface area contributed by atoms with Gasteiger partial charge in [0.2, 0.25) is 5.91 Å². The Labute approximate surface area is 114 Å². The molecule has 1 aliphatic heterocycles. The van der Waals surface area contributed by atoms with Crippen LogP contribution in [0.2, 0.25) is 0 Å². The molecule has 0 atom stereocenters. The third-order valence-electron chi connectivity index (χ3n) is 3.58. The summed E-state index contributed by atoms with van der Waals surface area (Å²) in [7, 11) is 1.67. The molecule has 1 aromatic carbocycles. The maximum atomic E-state index is 11.8. The van der Waals surface area contributed by atoms with Gasteiger partial charge in [-0.25, -0.2) is 0 Å². The fourth-order valence-electron chi connectivity index (χ4n) is 2.07. The molecule has 0 radical (unpaired) electrons. The monoisotopic (exact) mass is 262 g/mol. The van der Waals surface area contributed by atoms with Crippen molar-refractivity contribution in [3.8, 4) is 5.75 Å². The standard InChI is InChI=1S/C15H22N2O2/c1-10(2)11-4-5-12(14(6-11)19-3)9-17-15(18)13-7-16-8-13/h4-6,10,13,16H,7-9H2,1-3H3,(H,17,18). The lowest BCUT2D eigenvalue weighted by molar-refractivity contribution is -0.126. The molecule has 0 aromatic heterocycles. The van der Waals surface area contributed by atoms with Crippen molar-refractivity contribution < 1.29 is 9.53 Å². The fraction of sp³-hybridized carbons (Fsp3) is 0.533. The number of benzene rings is 1. The van der Waals surface area contributed by atoms with E-state index in [4.69, 9.17) is 4.74 Å². The highest BCUT2D eigenvalue weighted by molar-refractivity contribution is 5.80. The van der Waals surface area contributed by atoms with Crippen LogP contribution in [0.5, 0.6) is 5.75 Å². The molecule has 19 heavy (non-hydrogen) atoms. The summed E-state index contributed by atoms with van der Waals surface area (Å²) in [5, 5.41) is 6.06. The molecule has 0 aliphatic carbocycles. The number of nitrogens with one attached hydrogen (secondary N) is 2. The molecule has 1 fully saturated rings. The number of hydrogen-bond donors (Lipinski definition) is 2. The smallest absolute Gasteiger partial charge is 0.225 e. The van der Waals surface area contributed by atoms with Crippen molar-refractivity contribution in [1.82, 2.24) is 10.6 Å². The van der Waals surface area contributed by atoms with Gasteiger partial charge in [-0.3, -0.25) is 4.79 Å². The minimum absolute atomic E-state index is 0.119. The second-order valence-electron chi connectivity index (χ2n) is 5.30. The van der Waals surface area contributed by atoms with Crippen molar-refractivity contribution in [3.63, 3.8) is 0 Å². The highest BCUT2D eigenvalue weighted by Crippen LogP contribution is 2.24. The molecular formula is C15H22N2O2. The van der Waals surface area contributed by atoms with E-state index in [0.29, 0.717) is 12.5 Å². The summed E-state index contributed by atoms with van der Waals surface area (Å²) in [5.41, 5.74) is 2.27. The third-order valence-corrected chi connectivity index (χ3v) is 3.58. The van der Waals surface area contributed by atoms with Gasteiger partial charge in [-0.05, 0) is 17.5 Å². The maximum absolute atomic E-state index is 11.8. The molecule has 0 bridgehead atoms. The van der Waals surface area contributed by atoms with Crippen LogP contribution in [0.25, 0.3) is 0 Å². The van der Waals surface area contributed by atoms with Crippen LogP contribution in [0.4, 0.5) is 0 Å². The van der Waals surface area contributed by atoms with E-state index in [9.17, 15) is 4.79 Å². The molecule has 4 heteroatoms. The molecule has 104 valence electrons. The first-order valence-corrected chi connectivity index (χ1v) is 6.77. The zero-order chi connectivity index (χ0) is 13.8. The summed E-state index contributed by atoms with van der Waals surface area (Å²) < 4.78 is 5.41. The molecule has 2 rings (SSSR count). The fourth-order valence-corrected chi connectivity index (χ4v) is 2.07. The Kier molecular flexibility index (Phi) is 4.43. The predicted molar refractivity (Wildman–Crippen MR) is 75.3 cm³/mol. The Morgan fingerprint density at radius 2 is 2.21 bits per heavy atom. The lowest BCUT2D eigenvalue weighted by atomic mass is 10.00. The first kappa shape index (κ1) is 13.9. The van der Waals surface area contributed by atoms with Gasteiger partial charge in [-0.15, -0.1) is 0 Å². The van der Waals surface area contributed by atoms with Crippen LogP contribution in [0, 0.1) is 5.92 Å². The Balaban J connectivity index is 2.00. The van der Waals surface area contributed by atoms with Gasteiger partial charge in [-0.2, -0.15) is 0 Å². The van der Waals surface area contributed by atoms with E-state index in [1.165, 1.54) is 5.56 Å². The van der Waals surface area contributed by atoms with E-state index < -0.39 is 0 Å². The molecule has 0 spiro atoms. The molecule has 2 N–H and O–H groups in total. The van der Waals surface area contributed by atoms with Gasteiger partial charge in [0.05, 0.1) is 13.0 Å². The molecule has 1 aliphatic rings.